The number of hydrogen-bond donors (Lipinski definition) is 1. The standard InChI is InChI=1S/C11H17N3S/c1-4-8(2)12-7-10-9(3)13-11-14(10)5-6-15-11/h5-6,8,12H,4,7H2,1-3H3. The highest BCUT2D eigenvalue weighted by Crippen LogP contribution is 2.16. The summed E-state index contributed by atoms with van der Waals surface area (Å²) in [5, 5.41) is 5.58. The van der Waals surface area contributed by atoms with Gasteiger partial charge in [-0.1, -0.05) is 6.92 Å². The van der Waals surface area contributed by atoms with Crippen molar-refractivity contribution in [2.75, 3.05) is 0 Å². The lowest BCUT2D eigenvalue weighted by Crippen LogP contribution is -2.25. The van der Waals surface area contributed by atoms with E-state index in [2.05, 4.69) is 47.0 Å². The fourth-order valence-corrected chi connectivity index (χ4v) is 2.35. The Hall–Kier alpha value is -0.870. The zero-order chi connectivity index (χ0) is 10.8. The number of nitrogens with one attached hydrogen (secondary N) is 1. The Labute approximate surface area is 94.1 Å². The maximum atomic E-state index is 4.52. The van der Waals surface area contributed by atoms with Gasteiger partial charge in [-0.05, 0) is 20.3 Å². The summed E-state index contributed by atoms with van der Waals surface area (Å²) in [6.45, 7) is 7.38. The van der Waals surface area contributed by atoms with Gasteiger partial charge in [-0.25, -0.2) is 4.98 Å². The van der Waals surface area contributed by atoms with E-state index >= 15 is 0 Å². The molecular formula is C11H17N3S. The van der Waals surface area contributed by atoms with Gasteiger partial charge in [-0.2, -0.15) is 0 Å². The molecule has 0 fully saturated rings. The van der Waals surface area contributed by atoms with Gasteiger partial charge in [0.25, 0.3) is 0 Å². The van der Waals surface area contributed by atoms with Crippen LogP contribution in [0, 0.1) is 6.92 Å². The molecule has 15 heavy (non-hydrogen) atoms. The van der Waals surface area contributed by atoms with Crippen LogP contribution in [0.3, 0.4) is 0 Å². The van der Waals surface area contributed by atoms with Gasteiger partial charge >= 0.3 is 0 Å². The van der Waals surface area contributed by atoms with Crippen molar-refractivity contribution in [2.45, 2.75) is 39.8 Å². The highest BCUT2D eigenvalue weighted by molar-refractivity contribution is 7.15. The first-order chi connectivity index (χ1) is 7.22. The van der Waals surface area contributed by atoms with Crippen molar-refractivity contribution in [3.63, 3.8) is 0 Å². The molecule has 0 bridgehead atoms. The summed E-state index contributed by atoms with van der Waals surface area (Å²) in [6.07, 6.45) is 3.25. The average molecular weight is 223 g/mol. The Morgan fingerprint density at radius 2 is 2.40 bits per heavy atom. The molecule has 4 heteroatoms. The highest BCUT2D eigenvalue weighted by Gasteiger charge is 2.09. The number of aryl methyl sites for hydroxylation is 1. The summed E-state index contributed by atoms with van der Waals surface area (Å²) in [4.78, 5) is 5.61. The van der Waals surface area contributed by atoms with E-state index in [1.54, 1.807) is 11.3 Å². The van der Waals surface area contributed by atoms with Gasteiger partial charge in [0.15, 0.2) is 4.96 Å². The lowest BCUT2D eigenvalue weighted by atomic mass is 10.2. The molecule has 0 aliphatic heterocycles. The van der Waals surface area contributed by atoms with E-state index in [9.17, 15) is 0 Å². The second-order valence-electron chi connectivity index (χ2n) is 3.89. The van der Waals surface area contributed by atoms with Crippen molar-refractivity contribution >= 4 is 16.3 Å². The van der Waals surface area contributed by atoms with E-state index in [0.717, 1.165) is 23.6 Å². The van der Waals surface area contributed by atoms with Crippen LogP contribution in [0.15, 0.2) is 11.6 Å². The maximum Gasteiger partial charge on any atom is 0.194 e. The molecular weight excluding hydrogens is 206 g/mol. The van der Waals surface area contributed by atoms with Crippen molar-refractivity contribution in [1.82, 2.24) is 14.7 Å². The Morgan fingerprint density at radius 1 is 1.60 bits per heavy atom. The van der Waals surface area contributed by atoms with Gasteiger partial charge in [0, 0.05) is 24.2 Å². The van der Waals surface area contributed by atoms with E-state index in [0.29, 0.717) is 6.04 Å². The second kappa shape index (κ2) is 4.33. The number of rotatable bonds is 4. The van der Waals surface area contributed by atoms with E-state index in [-0.39, 0.29) is 0 Å². The summed E-state index contributed by atoms with van der Waals surface area (Å²) >= 11 is 1.69. The zero-order valence-electron chi connectivity index (χ0n) is 9.45. The van der Waals surface area contributed by atoms with Crippen molar-refractivity contribution in [1.29, 1.82) is 0 Å². The number of thiazole rings is 1. The lowest BCUT2D eigenvalue weighted by molar-refractivity contribution is 0.527. The van der Waals surface area contributed by atoms with Crippen LogP contribution in [0.5, 0.6) is 0 Å². The van der Waals surface area contributed by atoms with Gasteiger partial charge < -0.3 is 5.32 Å². The maximum absolute atomic E-state index is 4.52. The molecule has 0 aromatic carbocycles. The van der Waals surface area contributed by atoms with Gasteiger partial charge in [-0.3, -0.25) is 4.40 Å². The Morgan fingerprint density at radius 3 is 3.13 bits per heavy atom. The van der Waals surface area contributed by atoms with Crippen LogP contribution in [0.1, 0.15) is 31.7 Å². The quantitative estimate of drug-likeness (QED) is 0.863. The van der Waals surface area contributed by atoms with Crippen LogP contribution in [0.25, 0.3) is 4.96 Å². The summed E-state index contributed by atoms with van der Waals surface area (Å²) in [6, 6.07) is 0.564. The van der Waals surface area contributed by atoms with Gasteiger partial charge in [0.1, 0.15) is 0 Å². The molecule has 0 radical (unpaired) electrons. The normalized spacial score (nSPS) is 13.5. The fraction of sp³-hybridized carbons (Fsp3) is 0.545. The largest absolute Gasteiger partial charge is 0.309 e. The second-order valence-corrected chi connectivity index (χ2v) is 4.76. The molecule has 3 nitrogen and oxygen atoms in total. The monoisotopic (exact) mass is 223 g/mol. The van der Waals surface area contributed by atoms with E-state index < -0.39 is 0 Å². The molecule has 0 saturated carbocycles. The Kier molecular flexibility index (Phi) is 3.07. The molecule has 1 unspecified atom stereocenters. The average Bonchev–Trinajstić information content (AvgIpc) is 2.75. The van der Waals surface area contributed by atoms with E-state index in [1.165, 1.54) is 5.69 Å². The number of hydrogen-bond acceptors (Lipinski definition) is 3. The molecule has 0 aliphatic rings. The molecule has 2 aromatic heterocycles. The zero-order valence-corrected chi connectivity index (χ0v) is 10.3. The number of fused-ring (bicyclic) bond motifs is 1. The molecule has 82 valence electrons. The van der Waals surface area contributed by atoms with Crippen molar-refractivity contribution in [2.24, 2.45) is 0 Å². The van der Waals surface area contributed by atoms with Gasteiger partial charge in [-0.15, -0.1) is 11.3 Å². The third-order valence-electron chi connectivity index (χ3n) is 2.79. The smallest absolute Gasteiger partial charge is 0.194 e. The van der Waals surface area contributed by atoms with Crippen LogP contribution in [-0.2, 0) is 6.54 Å². The minimum atomic E-state index is 0.564. The number of nitrogens with zero attached hydrogens (tertiary/aromatic N) is 2. The summed E-state index contributed by atoms with van der Waals surface area (Å²) in [5.74, 6) is 0. The molecule has 0 saturated heterocycles. The Bertz CT molecular complexity index is 444. The molecule has 0 amide bonds. The molecule has 2 aromatic rings. The van der Waals surface area contributed by atoms with Gasteiger partial charge in [0.2, 0.25) is 0 Å². The summed E-state index contributed by atoms with van der Waals surface area (Å²) in [7, 11) is 0. The Balaban J connectivity index is 2.19. The van der Waals surface area contributed by atoms with Crippen LogP contribution in [-0.4, -0.2) is 15.4 Å². The van der Waals surface area contributed by atoms with Crippen LogP contribution in [0.4, 0.5) is 0 Å². The summed E-state index contributed by atoms with van der Waals surface area (Å²) in [5.41, 5.74) is 2.42. The van der Waals surface area contributed by atoms with Crippen LogP contribution >= 0.6 is 11.3 Å². The van der Waals surface area contributed by atoms with Crippen molar-refractivity contribution < 1.29 is 0 Å². The predicted octanol–water partition coefficient (Wildman–Crippen LogP) is 2.59. The van der Waals surface area contributed by atoms with E-state index in [4.69, 9.17) is 0 Å². The fourth-order valence-electron chi connectivity index (χ4n) is 1.57. The first-order valence-electron chi connectivity index (χ1n) is 5.36. The molecule has 1 atom stereocenters. The molecule has 0 aliphatic carbocycles. The minimum Gasteiger partial charge on any atom is -0.309 e. The summed E-state index contributed by atoms with van der Waals surface area (Å²) < 4.78 is 2.18. The van der Waals surface area contributed by atoms with Crippen molar-refractivity contribution in [3.8, 4) is 0 Å². The third-order valence-corrected chi connectivity index (χ3v) is 3.55. The SMILES string of the molecule is CCC(C)NCc1c(C)nc2sccn12. The molecule has 2 rings (SSSR count). The van der Waals surface area contributed by atoms with E-state index in [1.807, 2.05) is 0 Å². The highest BCUT2D eigenvalue weighted by atomic mass is 32.1. The lowest BCUT2D eigenvalue weighted by Gasteiger charge is -2.10. The van der Waals surface area contributed by atoms with Gasteiger partial charge in [0.05, 0.1) is 11.4 Å². The predicted molar refractivity (Wildman–Crippen MR) is 64.4 cm³/mol. The first kappa shape index (κ1) is 10.6. The molecule has 1 N–H and O–H groups in total. The number of imidazole rings is 1. The topological polar surface area (TPSA) is 29.3 Å². The first-order valence-corrected chi connectivity index (χ1v) is 6.24. The third kappa shape index (κ3) is 2.06. The molecule has 0 spiro atoms. The number of aromatic nitrogens is 2. The van der Waals surface area contributed by atoms with Crippen LogP contribution in [0.2, 0.25) is 0 Å². The van der Waals surface area contributed by atoms with Crippen LogP contribution < -0.4 is 5.32 Å². The minimum absolute atomic E-state index is 0.564. The molecule has 2 heterocycles. The van der Waals surface area contributed by atoms with Crippen molar-refractivity contribution in [3.05, 3.63) is 23.0 Å².